The first-order chi connectivity index (χ1) is 5.64. The van der Waals surface area contributed by atoms with E-state index in [-0.39, 0.29) is 0 Å². The first-order valence-electron chi connectivity index (χ1n) is 5.25. The molecule has 1 rings (SSSR count). The lowest BCUT2D eigenvalue weighted by Gasteiger charge is -2.34. The first-order valence-corrected chi connectivity index (χ1v) is 5.88. The van der Waals surface area contributed by atoms with E-state index in [1.54, 1.807) is 0 Å². The molecule has 1 aliphatic carbocycles. The van der Waals surface area contributed by atoms with Gasteiger partial charge in [0.2, 0.25) is 0 Å². The molecule has 72 valence electrons. The van der Waals surface area contributed by atoms with E-state index in [2.05, 4.69) is 26.5 Å². The maximum absolute atomic E-state index is 4.25. The van der Waals surface area contributed by atoms with Gasteiger partial charge in [-0.1, -0.05) is 13.8 Å². The van der Waals surface area contributed by atoms with E-state index >= 15 is 0 Å². The van der Waals surface area contributed by atoms with Gasteiger partial charge in [0.15, 0.2) is 0 Å². The van der Waals surface area contributed by atoms with E-state index in [0.717, 1.165) is 11.7 Å². The summed E-state index contributed by atoms with van der Waals surface area (Å²) in [6.45, 7) is 4.81. The summed E-state index contributed by atoms with van der Waals surface area (Å²) in [7, 11) is 0. The van der Waals surface area contributed by atoms with Crippen molar-refractivity contribution in [3.63, 3.8) is 0 Å². The van der Waals surface area contributed by atoms with Crippen molar-refractivity contribution in [2.75, 3.05) is 5.75 Å². The molecule has 0 aromatic rings. The van der Waals surface area contributed by atoms with Gasteiger partial charge in [0.1, 0.15) is 0 Å². The van der Waals surface area contributed by atoms with Crippen LogP contribution in [0.25, 0.3) is 0 Å². The van der Waals surface area contributed by atoms with E-state index in [4.69, 9.17) is 0 Å². The Morgan fingerprint density at radius 2 is 1.83 bits per heavy atom. The van der Waals surface area contributed by atoms with Crippen molar-refractivity contribution < 1.29 is 0 Å². The zero-order valence-corrected chi connectivity index (χ0v) is 9.37. The SMILES string of the molecule is CC1(C)CCC(CCCS)CC1. The highest BCUT2D eigenvalue weighted by molar-refractivity contribution is 7.80. The molecule has 0 bridgehead atoms. The molecule has 0 amide bonds. The maximum Gasteiger partial charge on any atom is -0.00978 e. The first kappa shape index (κ1) is 10.4. The van der Waals surface area contributed by atoms with Crippen LogP contribution in [0, 0.1) is 11.3 Å². The Morgan fingerprint density at radius 3 is 2.33 bits per heavy atom. The minimum absolute atomic E-state index is 0.636. The topological polar surface area (TPSA) is 0 Å². The van der Waals surface area contributed by atoms with Crippen LogP contribution in [-0.4, -0.2) is 5.75 Å². The van der Waals surface area contributed by atoms with E-state index in [1.807, 2.05) is 0 Å². The second-order valence-corrected chi connectivity index (χ2v) is 5.42. The average molecular weight is 186 g/mol. The van der Waals surface area contributed by atoms with Gasteiger partial charge in [-0.15, -0.1) is 0 Å². The van der Waals surface area contributed by atoms with Crippen molar-refractivity contribution >= 4 is 12.6 Å². The van der Waals surface area contributed by atoms with Gasteiger partial charge in [0.05, 0.1) is 0 Å². The van der Waals surface area contributed by atoms with Crippen LogP contribution in [0.15, 0.2) is 0 Å². The molecule has 0 aromatic carbocycles. The smallest absolute Gasteiger partial charge is 0.00978 e. The largest absolute Gasteiger partial charge is 0.179 e. The summed E-state index contributed by atoms with van der Waals surface area (Å²) in [4.78, 5) is 0. The molecule has 0 saturated heterocycles. The van der Waals surface area contributed by atoms with Gasteiger partial charge in [-0.25, -0.2) is 0 Å². The van der Waals surface area contributed by atoms with Gasteiger partial charge in [0, 0.05) is 0 Å². The van der Waals surface area contributed by atoms with Crippen LogP contribution >= 0.6 is 12.6 Å². The maximum atomic E-state index is 4.25. The molecule has 12 heavy (non-hydrogen) atoms. The molecule has 0 heterocycles. The third-order valence-corrected chi connectivity index (χ3v) is 3.55. The van der Waals surface area contributed by atoms with Crippen molar-refractivity contribution in [3.05, 3.63) is 0 Å². The Bertz CT molecular complexity index is 119. The zero-order valence-electron chi connectivity index (χ0n) is 8.47. The summed E-state index contributed by atoms with van der Waals surface area (Å²) in [5.41, 5.74) is 0.636. The normalized spacial score (nSPS) is 24.2. The summed E-state index contributed by atoms with van der Waals surface area (Å²) < 4.78 is 0. The van der Waals surface area contributed by atoms with E-state index in [1.165, 1.54) is 38.5 Å². The van der Waals surface area contributed by atoms with Crippen LogP contribution in [0.1, 0.15) is 52.4 Å². The van der Waals surface area contributed by atoms with Crippen molar-refractivity contribution in [1.29, 1.82) is 0 Å². The van der Waals surface area contributed by atoms with Gasteiger partial charge in [-0.3, -0.25) is 0 Å². The van der Waals surface area contributed by atoms with Crippen LogP contribution in [0.4, 0.5) is 0 Å². The molecular formula is C11H22S. The monoisotopic (exact) mass is 186 g/mol. The second-order valence-electron chi connectivity index (χ2n) is 4.97. The van der Waals surface area contributed by atoms with Crippen molar-refractivity contribution in [2.45, 2.75) is 52.4 Å². The lowest BCUT2D eigenvalue weighted by Crippen LogP contribution is -2.21. The highest BCUT2D eigenvalue weighted by Crippen LogP contribution is 2.39. The van der Waals surface area contributed by atoms with E-state index < -0.39 is 0 Å². The summed E-state index contributed by atoms with van der Waals surface area (Å²) in [6.07, 6.45) is 8.52. The fourth-order valence-electron chi connectivity index (χ4n) is 2.13. The van der Waals surface area contributed by atoms with Gasteiger partial charge in [-0.05, 0) is 55.6 Å². The number of hydrogen-bond donors (Lipinski definition) is 1. The number of thiol groups is 1. The van der Waals surface area contributed by atoms with Crippen molar-refractivity contribution in [3.8, 4) is 0 Å². The third kappa shape index (κ3) is 3.38. The van der Waals surface area contributed by atoms with Crippen LogP contribution in [0.2, 0.25) is 0 Å². The molecule has 0 aliphatic heterocycles. The van der Waals surface area contributed by atoms with Crippen LogP contribution < -0.4 is 0 Å². The Labute approximate surface area is 82.5 Å². The molecule has 1 aliphatic rings. The fraction of sp³-hybridized carbons (Fsp3) is 1.00. The van der Waals surface area contributed by atoms with Crippen LogP contribution in [0.5, 0.6) is 0 Å². The third-order valence-electron chi connectivity index (χ3n) is 3.23. The Balaban J connectivity index is 2.18. The highest BCUT2D eigenvalue weighted by atomic mass is 32.1. The van der Waals surface area contributed by atoms with Gasteiger partial charge in [-0.2, -0.15) is 12.6 Å². The number of hydrogen-bond acceptors (Lipinski definition) is 1. The van der Waals surface area contributed by atoms with E-state index in [0.29, 0.717) is 5.41 Å². The fourth-order valence-corrected chi connectivity index (χ4v) is 2.31. The van der Waals surface area contributed by atoms with Gasteiger partial charge in [0.25, 0.3) is 0 Å². The Kier molecular flexibility index (Phi) is 3.95. The minimum Gasteiger partial charge on any atom is -0.179 e. The quantitative estimate of drug-likeness (QED) is 0.635. The lowest BCUT2D eigenvalue weighted by molar-refractivity contribution is 0.185. The Morgan fingerprint density at radius 1 is 1.25 bits per heavy atom. The Hall–Kier alpha value is 0.350. The molecule has 0 radical (unpaired) electrons. The molecule has 0 unspecified atom stereocenters. The molecular weight excluding hydrogens is 164 g/mol. The lowest BCUT2D eigenvalue weighted by atomic mass is 9.72. The van der Waals surface area contributed by atoms with Crippen LogP contribution in [0.3, 0.4) is 0 Å². The average Bonchev–Trinajstić information content (AvgIpc) is 2.03. The standard InChI is InChI=1S/C11H22S/c1-11(2)7-5-10(6-8-11)4-3-9-12/h10,12H,3-9H2,1-2H3. The summed E-state index contributed by atoms with van der Waals surface area (Å²) in [5, 5.41) is 0. The molecule has 0 nitrogen and oxygen atoms in total. The molecule has 0 N–H and O–H groups in total. The summed E-state index contributed by atoms with van der Waals surface area (Å²) in [6, 6.07) is 0. The molecule has 1 heteroatoms. The highest BCUT2D eigenvalue weighted by Gasteiger charge is 2.25. The zero-order chi connectivity index (χ0) is 9.03. The predicted octanol–water partition coefficient (Wildman–Crippen LogP) is 3.91. The summed E-state index contributed by atoms with van der Waals surface area (Å²) >= 11 is 4.25. The molecule has 0 spiro atoms. The molecule has 1 saturated carbocycles. The summed E-state index contributed by atoms with van der Waals surface area (Å²) in [5.74, 6) is 2.09. The number of rotatable bonds is 3. The predicted molar refractivity (Wildman–Crippen MR) is 58.8 cm³/mol. The molecule has 0 atom stereocenters. The van der Waals surface area contributed by atoms with Crippen LogP contribution in [-0.2, 0) is 0 Å². The second kappa shape index (κ2) is 4.55. The van der Waals surface area contributed by atoms with Gasteiger partial charge < -0.3 is 0 Å². The molecule has 1 fully saturated rings. The molecule has 0 aromatic heterocycles. The van der Waals surface area contributed by atoms with E-state index in [9.17, 15) is 0 Å². The van der Waals surface area contributed by atoms with Crippen molar-refractivity contribution in [2.24, 2.45) is 11.3 Å². The minimum atomic E-state index is 0.636. The van der Waals surface area contributed by atoms with Gasteiger partial charge >= 0.3 is 0 Å². The van der Waals surface area contributed by atoms with Crippen molar-refractivity contribution in [1.82, 2.24) is 0 Å².